The number of rotatable bonds is 14. The Hall–Kier alpha value is -13.2. The summed E-state index contributed by atoms with van der Waals surface area (Å²) in [4.78, 5) is 2.36. The van der Waals surface area contributed by atoms with Gasteiger partial charge < -0.3 is 19.1 Å². The van der Waals surface area contributed by atoms with Crippen molar-refractivity contribution in [2.45, 2.75) is 16.2 Å². The third-order valence-corrected chi connectivity index (χ3v) is 21.7. The zero-order valence-electron chi connectivity index (χ0n) is 55.9. The topological polar surface area (TPSA) is 30.9 Å². The van der Waals surface area contributed by atoms with Crippen molar-refractivity contribution < 1.29 is 23.0 Å². The van der Waals surface area contributed by atoms with Crippen LogP contribution >= 0.6 is 0 Å². The van der Waals surface area contributed by atoms with Crippen molar-refractivity contribution in [1.82, 2.24) is 0 Å². The molecule has 0 bridgehead atoms. The predicted molar refractivity (Wildman–Crippen MR) is 412 cm³/mol. The minimum Gasteiger partial charge on any atom is -0.457 e. The Morgan fingerprint density at radius 2 is 0.602 bits per heavy atom. The highest BCUT2D eigenvalue weighted by Crippen LogP contribution is 2.64. The Morgan fingerprint density at radius 1 is 0.272 bits per heavy atom. The summed E-state index contributed by atoms with van der Waals surface area (Å²) in [5, 5.41) is 0. The molecular weight excluding hydrogens is 1270 g/mol. The van der Waals surface area contributed by atoms with Crippen LogP contribution in [0.5, 0.6) is 34.5 Å². The van der Waals surface area contributed by atoms with Crippen LogP contribution in [-0.4, -0.2) is 0 Å². The van der Waals surface area contributed by atoms with Gasteiger partial charge in [0.15, 0.2) is 0 Å². The lowest BCUT2D eigenvalue weighted by molar-refractivity contribution is 0.436. The summed E-state index contributed by atoms with van der Waals surface area (Å²) in [5.41, 5.74) is 23.7. The fourth-order valence-electron chi connectivity index (χ4n) is 17.2. The zero-order chi connectivity index (χ0) is 69.0. The minimum absolute atomic E-state index is 0.322. The SMILES string of the molecule is C=Cc1ccc(Oc2ccc(C3(c4ccc(F)cc4)c4ccccc4-c4ccc(N(c5ccc(-c6ccc7c(c6)Oc6ccccc6C76c7ccccc7-c7ccccc76)cc5)c5ccc6c(c5)C(c5ccc(F)cc5)(c5ccc(Oc7ccc(C=C)cc7)cc5)c5ccccc5-6)cc43)cc2)cc1. The Bertz CT molecular complexity index is 5600. The molecule has 0 amide bonds. The van der Waals surface area contributed by atoms with Crippen LogP contribution in [0.2, 0.25) is 0 Å². The first kappa shape index (κ1) is 61.0. The van der Waals surface area contributed by atoms with Crippen LogP contribution in [-0.2, 0) is 16.2 Å². The molecule has 6 heteroatoms. The molecule has 4 nitrogen and oxygen atoms in total. The van der Waals surface area contributed by atoms with Gasteiger partial charge in [0.2, 0.25) is 0 Å². The van der Waals surface area contributed by atoms with E-state index in [4.69, 9.17) is 14.2 Å². The van der Waals surface area contributed by atoms with Crippen LogP contribution in [0.4, 0.5) is 25.8 Å². The highest BCUT2D eigenvalue weighted by atomic mass is 19.1. The average molecular weight is 1330 g/mol. The Morgan fingerprint density at radius 3 is 1.02 bits per heavy atom. The van der Waals surface area contributed by atoms with Crippen LogP contribution < -0.4 is 19.1 Å². The van der Waals surface area contributed by atoms with Gasteiger partial charge in [-0.05, 0) is 233 Å². The lowest BCUT2D eigenvalue weighted by atomic mass is 9.66. The smallest absolute Gasteiger partial charge is 0.132 e. The minimum atomic E-state index is -0.937. The zero-order valence-corrected chi connectivity index (χ0v) is 55.9. The summed E-state index contributed by atoms with van der Waals surface area (Å²) >= 11 is 0. The van der Waals surface area contributed by atoms with E-state index in [1.807, 2.05) is 109 Å². The van der Waals surface area contributed by atoms with Gasteiger partial charge in [-0.3, -0.25) is 0 Å². The van der Waals surface area contributed by atoms with Crippen molar-refractivity contribution in [2.24, 2.45) is 0 Å². The lowest BCUT2D eigenvalue weighted by Gasteiger charge is -2.39. The lowest BCUT2D eigenvalue weighted by Crippen LogP contribution is -2.32. The maximum Gasteiger partial charge on any atom is 0.132 e. The van der Waals surface area contributed by atoms with E-state index in [0.717, 1.165) is 129 Å². The van der Waals surface area contributed by atoms with E-state index in [1.54, 1.807) is 24.3 Å². The summed E-state index contributed by atoms with van der Waals surface area (Å²) in [6.07, 6.45) is 3.63. The van der Waals surface area contributed by atoms with Gasteiger partial charge in [0.1, 0.15) is 46.1 Å². The second kappa shape index (κ2) is 24.0. The molecule has 1 heterocycles. The van der Waals surface area contributed by atoms with Gasteiger partial charge in [0.05, 0.1) is 16.2 Å². The number of halogens is 2. The van der Waals surface area contributed by atoms with Crippen molar-refractivity contribution >= 4 is 29.2 Å². The van der Waals surface area contributed by atoms with E-state index in [-0.39, 0.29) is 11.6 Å². The molecule has 1 spiro atoms. The average Bonchev–Trinajstić information content (AvgIpc) is 1.58. The molecule has 0 saturated carbocycles. The molecule has 0 radical (unpaired) electrons. The quantitative estimate of drug-likeness (QED) is 0.109. The van der Waals surface area contributed by atoms with Crippen LogP contribution in [0.25, 0.3) is 56.7 Å². The first-order valence-electron chi connectivity index (χ1n) is 34.8. The highest BCUT2D eigenvalue weighted by Gasteiger charge is 2.52. The summed E-state index contributed by atoms with van der Waals surface area (Å²) in [6, 6.07) is 119. The molecule has 0 saturated heterocycles. The molecule has 15 aromatic carbocycles. The molecule has 19 rings (SSSR count). The van der Waals surface area contributed by atoms with Gasteiger partial charge in [-0.1, -0.05) is 250 Å². The molecule has 1 aliphatic heterocycles. The summed E-state index contributed by atoms with van der Waals surface area (Å²) < 4.78 is 51.0. The van der Waals surface area contributed by atoms with E-state index < -0.39 is 16.2 Å². The normalized spacial score (nSPS) is 15.6. The second-order valence-corrected chi connectivity index (χ2v) is 26.9. The highest BCUT2D eigenvalue weighted by molar-refractivity contribution is 5.94. The van der Waals surface area contributed by atoms with Crippen LogP contribution in [0.15, 0.2) is 359 Å². The molecular formula is C97H63F2NO3. The maximum atomic E-state index is 15.5. The Balaban J connectivity index is 0.798. The molecule has 488 valence electrons. The van der Waals surface area contributed by atoms with Crippen molar-refractivity contribution in [3.63, 3.8) is 0 Å². The van der Waals surface area contributed by atoms with Crippen molar-refractivity contribution in [1.29, 1.82) is 0 Å². The van der Waals surface area contributed by atoms with Gasteiger partial charge in [-0.15, -0.1) is 0 Å². The number of hydrogen-bond acceptors (Lipinski definition) is 4. The summed E-state index contributed by atoms with van der Waals surface area (Å²) in [6.45, 7) is 7.87. The van der Waals surface area contributed by atoms with E-state index in [2.05, 4.69) is 243 Å². The van der Waals surface area contributed by atoms with E-state index in [0.29, 0.717) is 23.0 Å². The van der Waals surface area contributed by atoms with Crippen molar-refractivity contribution in [3.8, 4) is 79.0 Å². The van der Waals surface area contributed by atoms with Crippen LogP contribution in [0.1, 0.15) is 77.9 Å². The van der Waals surface area contributed by atoms with Gasteiger partial charge in [-0.2, -0.15) is 0 Å². The molecule has 2 unspecified atom stereocenters. The van der Waals surface area contributed by atoms with Gasteiger partial charge in [0.25, 0.3) is 0 Å². The van der Waals surface area contributed by atoms with Crippen molar-refractivity contribution in [3.05, 3.63) is 448 Å². The number of benzene rings is 15. The third-order valence-electron chi connectivity index (χ3n) is 21.7. The van der Waals surface area contributed by atoms with E-state index in [9.17, 15) is 0 Å². The molecule has 2 atom stereocenters. The monoisotopic (exact) mass is 1330 g/mol. The molecule has 103 heavy (non-hydrogen) atoms. The number of para-hydroxylation sites is 1. The molecule has 15 aromatic rings. The molecule has 0 aromatic heterocycles. The largest absolute Gasteiger partial charge is 0.457 e. The van der Waals surface area contributed by atoms with E-state index in [1.165, 1.54) is 22.3 Å². The maximum absolute atomic E-state index is 15.5. The van der Waals surface area contributed by atoms with Gasteiger partial charge in [0, 0.05) is 28.2 Å². The molecule has 0 N–H and O–H groups in total. The molecule has 4 aliphatic rings. The predicted octanol–water partition coefficient (Wildman–Crippen LogP) is 25.2. The van der Waals surface area contributed by atoms with Crippen molar-refractivity contribution in [2.75, 3.05) is 4.90 Å². The number of anilines is 3. The standard InChI is InChI=1S/C97H63F2NO3/c1-3-62-25-48-75(49-26-62)101-77-52-36-68(37-53-77)95(66-32-40-70(98)41-33-66)85-19-9-5-17-81(85)83-56-46-73(60-91(83)95)100(72-44-29-64(30-45-72)65-31-58-90-94(59-65)103-93-24-14-13-23-89(93)97(90)87-21-11-7-15-79(87)80-16-8-12-22-88(80)97)74-47-57-84-82-18-6-10-20-86(82)96(92(84)61-74,67-34-42-71(99)43-35-67)69-38-54-78(55-39-69)102-76-50-27-63(4-2)28-51-76/h3-61H,1-2H2. The molecule has 0 fully saturated rings. The third kappa shape index (κ3) is 9.41. The van der Waals surface area contributed by atoms with Crippen LogP contribution in [0.3, 0.4) is 0 Å². The number of hydrogen-bond donors (Lipinski definition) is 0. The molecule has 3 aliphatic carbocycles. The second-order valence-electron chi connectivity index (χ2n) is 26.9. The summed E-state index contributed by atoms with van der Waals surface area (Å²) in [5.74, 6) is 3.77. The first-order chi connectivity index (χ1) is 50.7. The number of ether oxygens (including phenoxy) is 3. The summed E-state index contributed by atoms with van der Waals surface area (Å²) in [7, 11) is 0. The van der Waals surface area contributed by atoms with Crippen LogP contribution in [0, 0.1) is 11.6 Å². The Labute approximate surface area is 597 Å². The fourth-order valence-corrected chi connectivity index (χ4v) is 17.2. The van der Waals surface area contributed by atoms with Gasteiger partial charge in [-0.25, -0.2) is 8.78 Å². The fraction of sp³-hybridized carbons (Fsp3) is 0.0309. The number of fused-ring (bicyclic) bond motifs is 15. The Kier molecular flexibility index (Phi) is 14.2. The first-order valence-corrected chi connectivity index (χ1v) is 34.8. The number of nitrogens with zero attached hydrogens (tertiary/aromatic N) is 1. The van der Waals surface area contributed by atoms with E-state index >= 15 is 8.78 Å². The van der Waals surface area contributed by atoms with Gasteiger partial charge >= 0.3 is 0 Å².